The van der Waals surface area contributed by atoms with E-state index in [9.17, 15) is 4.79 Å². The number of hydrogen-bond acceptors (Lipinski definition) is 2. The maximum absolute atomic E-state index is 11.5. The molecule has 0 unspecified atom stereocenters. The van der Waals surface area contributed by atoms with Crippen molar-refractivity contribution in [1.29, 1.82) is 0 Å². The first-order valence-electron chi connectivity index (χ1n) is 6.02. The summed E-state index contributed by atoms with van der Waals surface area (Å²) in [7, 11) is 1.61. The summed E-state index contributed by atoms with van der Waals surface area (Å²) in [6, 6.07) is 7.34. The SMILES string of the molecule is CCCNC(N)=NCc1cccc(C(=O)NC)c1. The van der Waals surface area contributed by atoms with Gasteiger partial charge in [0, 0.05) is 19.2 Å². The first-order chi connectivity index (χ1) is 8.67. The molecule has 0 atom stereocenters. The number of carbonyl (C=O) groups excluding carboxylic acids is 1. The van der Waals surface area contributed by atoms with E-state index in [2.05, 4.69) is 22.5 Å². The Morgan fingerprint density at radius 2 is 2.22 bits per heavy atom. The van der Waals surface area contributed by atoms with Gasteiger partial charge in [-0.25, -0.2) is 4.99 Å². The van der Waals surface area contributed by atoms with Crippen molar-refractivity contribution in [3.05, 3.63) is 35.4 Å². The fourth-order valence-electron chi connectivity index (χ4n) is 1.44. The average molecular weight is 248 g/mol. The summed E-state index contributed by atoms with van der Waals surface area (Å²) in [5.41, 5.74) is 7.28. The Hall–Kier alpha value is -2.04. The van der Waals surface area contributed by atoms with Gasteiger partial charge in [-0.2, -0.15) is 0 Å². The van der Waals surface area contributed by atoms with Gasteiger partial charge in [0.15, 0.2) is 5.96 Å². The summed E-state index contributed by atoms with van der Waals surface area (Å²) < 4.78 is 0. The van der Waals surface area contributed by atoms with Gasteiger partial charge in [0.25, 0.3) is 5.91 Å². The van der Waals surface area contributed by atoms with Gasteiger partial charge in [-0.05, 0) is 24.1 Å². The molecule has 1 rings (SSSR count). The molecule has 0 heterocycles. The Morgan fingerprint density at radius 1 is 1.44 bits per heavy atom. The summed E-state index contributed by atoms with van der Waals surface area (Å²) in [5.74, 6) is 0.333. The van der Waals surface area contributed by atoms with Crippen molar-refractivity contribution < 1.29 is 4.79 Å². The standard InChI is InChI=1S/C13H20N4O/c1-3-7-16-13(14)17-9-10-5-4-6-11(8-10)12(18)15-2/h4-6,8H,3,7,9H2,1-2H3,(H,15,18)(H3,14,16,17). The number of amides is 1. The molecule has 1 aromatic rings. The molecule has 0 aliphatic heterocycles. The Labute approximate surface area is 107 Å². The Bertz CT molecular complexity index is 429. The molecule has 4 N–H and O–H groups in total. The Balaban J connectivity index is 2.65. The largest absolute Gasteiger partial charge is 0.370 e. The highest BCUT2D eigenvalue weighted by atomic mass is 16.1. The molecule has 18 heavy (non-hydrogen) atoms. The second kappa shape index (κ2) is 7.32. The number of nitrogens with one attached hydrogen (secondary N) is 2. The summed E-state index contributed by atoms with van der Waals surface area (Å²) in [5, 5.41) is 5.59. The quantitative estimate of drug-likeness (QED) is 0.534. The average Bonchev–Trinajstić information content (AvgIpc) is 2.42. The van der Waals surface area contributed by atoms with Gasteiger partial charge < -0.3 is 16.4 Å². The lowest BCUT2D eigenvalue weighted by Crippen LogP contribution is -2.32. The van der Waals surface area contributed by atoms with Gasteiger partial charge in [-0.3, -0.25) is 4.79 Å². The summed E-state index contributed by atoms with van der Waals surface area (Å²) in [6.07, 6.45) is 1.00. The summed E-state index contributed by atoms with van der Waals surface area (Å²) in [6.45, 7) is 3.34. The van der Waals surface area contributed by atoms with E-state index in [4.69, 9.17) is 5.73 Å². The van der Waals surface area contributed by atoms with E-state index < -0.39 is 0 Å². The third-order valence-electron chi connectivity index (χ3n) is 2.40. The van der Waals surface area contributed by atoms with Gasteiger partial charge in [0.2, 0.25) is 0 Å². The third-order valence-corrected chi connectivity index (χ3v) is 2.40. The minimum atomic E-state index is -0.0992. The van der Waals surface area contributed by atoms with E-state index in [1.165, 1.54) is 0 Å². The van der Waals surface area contributed by atoms with E-state index in [0.717, 1.165) is 18.5 Å². The van der Waals surface area contributed by atoms with Crippen LogP contribution in [-0.2, 0) is 6.54 Å². The van der Waals surface area contributed by atoms with E-state index in [0.29, 0.717) is 18.1 Å². The highest BCUT2D eigenvalue weighted by molar-refractivity contribution is 5.94. The van der Waals surface area contributed by atoms with Crippen LogP contribution in [0.4, 0.5) is 0 Å². The molecule has 5 nitrogen and oxygen atoms in total. The molecule has 0 aliphatic rings. The molecule has 0 aliphatic carbocycles. The minimum absolute atomic E-state index is 0.0992. The number of carbonyl (C=O) groups is 1. The predicted octanol–water partition coefficient (Wildman–Crippen LogP) is 0.860. The maximum atomic E-state index is 11.5. The van der Waals surface area contributed by atoms with Crippen LogP contribution < -0.4 is 16.4 Å². The number of aliphatic imine (C=N–C) groups is 1. The second-order valence-corrected chi connectivity index (χ2v) is 3.91. The number of guanidine groups is 1. The normalized spacial score (nSPS) is 11.1. The Morgan fingerprint density at radius 3 is 2.89 bits per heavy atom. The molecule has 0 saturated carbocycles. The number of hydrogen-bond donors (Lipinski definition) is 3. The van der Waals surface area contributed by atoms with Crippen molar-refractivity contribution in [2.24, 2.45) is 10.7 Å². The number of benzene rings is 1. The van der Waals surface area contributed by atoms with Gasteiger partial charge in [-0.1, -0.05) is 19.1 Å². The smallest absolute Gasteiger partial charge is 0.251 e. The highest BCUT2D eigenvalue weighted by Gasteiger charge is 2.03. The molecule has 5 heteroatoms. The molecule has 0 spiro atoms. The lowest BCUT2D eigenvalue weighted by molar-refractivity contribution is 0.0963. The first kappa shape index (κ1) is 14.0. The van der Waals surface area contributed by atoms with Crippen molar-refractivity contribution in [2.75, 3.05) is 13.6 Å². The molecular formula is C13H20N4O. The Kier molecular flexibility index (Phi) is 5.70. The van der Waals surface area contributed by atoms with Crippen LogP contribution in [0.1, 0.15) is 29.3 Å². The molecule has 1 amide bonds. The zero-order valence-electron chi connectivity index (χ0n) is 10.9. The molecule has 0 radical (unpaired) electrons. The van der Waals surface area contributed by atoms with Crippen LogP contribution in [-0.4, -0.2) is 25.5 Å². The van der Waals surface area contributed by atoms with Crippen LogP contribution in [0, 0.1) is 0 Å². The fraction of sp³-hybridized carbons (Fsp3) is 0.385. The van der Waals surface area contributed by atoms with E-state index >= 15 is 0 Å². The van der Waals surface area contributed by atoms with Crippen molar-refractivity contribution >= 4 is 11.9 Å². The van der Waals surface area contributed by atoms with Crippen LogP contribution in [0.3, 0.4) is 0 Å². The molecule has 0 bridgehead atoms. The van der Waals surface area contributed by atoms with E-state index in [-0.39, 0.29) is 5.91 Å². The molecule has 0 aromatic heterocycles. The van der Waals surface area contributed by atoms with Crippen LogP contribution in [0.2, 0.25) is 0 Å². The van der Waals surface area contributed by atoms with Crippen LogP contribution in [0.15, 0.2) is 29.3 Å². The number of nitrogens with two attached hydrogens (primary N) is 1. The predicted molar refractivity (Wildman–Crippen MR) is 73.5 cm³/mol. The summed E-state index contributed by atoms with van der Waals surface area (Å²) in [4.78, 5) is 15.7. The van der Waals surface area contributed by atoms with Crippen molar-refractivity contribution in [3.63, 3.8) is 0 Å². The van der Waals surface area contributed by atoms with Crippen LogP contribution in [0.25, 0.3) is 0 Å². The molecule has 0 fully saturated rings. The van der Waals surface area contributed by atoms with Crippen molar-refractivity contribution in [3.8, 4) is 0 Å². The van der Waals surface area contributed by atoms with Gasteiger partial charge in [0.1, 0.15) is 0 Å². The lowest BCUT2D eigenvalue weighted by Gasteiger charge is -2.05. The first-order valence-corrected chi connectivity index (χ1v) is 6.02. The second-order valence-electron chi connectivity index (χ2n) is 3.91. The zero-order valence-corrected chi connectivity index (χ0v) is 10.9. The van der Waals surface area contributed by atoms with Gasteiger partial charge in [0.05, 0.1) is 6.54 Å². The molecule has 1 aromatic carbocycles. The van der Waals surface area contributed by atoms with Crippen LogP contribution in [0.5, 0.6) is 0 Å². The monoisotopic (exact) mass is 248 g/mol. The van der Waals surface area contributed by atoms with Crippen molar-refractivity contribution in [1.82, 2.24) is 10.6 Å². The highest BCUT2D eigenvalue weighted by Crippen LogP contribution is 2.06. The van der Waals surface area contributed by atoms with Crippen molar-refractivity contribution in [2.45, 2.75) is 19.9 Å². The van der Waals surface area contributed by atoms with Gasteiger partial charge in [-0.15, -0.1) is 0 Å². The lowest BCUT2D eigenvalue weighted by atomic mass is 10.1. The zero-order chi connectivity index (χ0) is 13.4. The molecular weight excluding hydrogens is 228 g/mol. The molecule has 0 saturated heterocycles. The topological polar surface area (TPSA) is 79.5 Å². The minimum Gasteiger partial charge on any atom is -0.370 e. The number of nitrogens with zero attached hydrogens (tertiary/aromatic N) is 1. The maximum Gasteiger partial charge on any atom is 0.251 e. The fourth-order valence-corrected chi connectivity index (χ4v) is 1.44. The molecule has 98 valence electrons. The summed E-state index contributed by atoms with van der Waals surface area (Å²) >= 11 is 0. The van der Waals surface area contributed by atoms with Crippen LogP contribution >= 0.6 is 0 Å². The third kappa shape index (κ3) is 4.45. The van der Waals surface area contributed by atoms with E-state index in [1.807, 2.05) is 18.2 Å². The van der Waals surface area contributed by atoms with E-state index in [1.54, 1.807) is 13.1 Å². The van der Waals surface area contributed by atoms with Gasteiger partial charge >= 0.3 is 0 Å². The number of rotatable bonds is 5.